The first-order valence-electron chi connectivity index (χ1n) is 15.7. The molecule has 48 heavy (non-hydrogen) atoms. The van der Waals surface area contributed by atoms with E-state index in [1.165, 1.54) is 7.05 Å². The number of rotatable bonds is 24. The normalized spacial score (nSPS) is 10.5. The summed E-state index contributed by atoms with van der Waals surface area (Å²) in [6.45, 7) is 5.72. The minimum absolute atomic E-state index is 0. The van der Waals surface area contributed by atoms with Gasteiger partial charge < -0.3 is 46.2 Å². The molecule has 0 aliphatic heterocycles. The Morgan fingerprint density at radius 1 is 0.771 bits per heavy atom. The molecule has 3 N–H and O–H groups in total. The summed E-state index contributed by atoms with van der Waals surface area (Å²) in [6.07, 6.45) is 5.44. The van der Waals surface area contributed by atoms with Gasteiger partial charge in [0.15, 0.2) is 6.03 Å². The molecule has 0 spiro atoms. The minimum atomic E-state index is -0.628. The first-order valence-corrected chi connectivity index (χ1v) is 15.7. The van der Waals surface area contributed by atoms with E-state index < -0.39 is 18.2 Å². The monoisotopic (exact) mass is 884 g/mol. The molecule has 0 aliphatic carbocycles. The predicted molar refractivity (Wildman–Crippen MR) is 172 cm³/mol. The zero-order valence-electron chi connectivity index (χ0n) is 29.9. The van der Waals surface area contributed by atoms with Crippen molar-refractivity contribution in [2.24, 2.45) is 5.92 Å². The van der Waals surface area contributed by atoms with Gasteiger partial charge in [0.1, 0.15) is 5.78 Å². The standard InChI is InChI=1S/C32H52N6O7.3Rb/c1-4-9-25(27(39)5-2)10-6-7-16-36-32(44)37-17-8-20-45-21-19-35-30(42)23-31(43)38-26-13-11-24(12-14-26)22-29(41)34-18-15-28(40)33-3;;;/h11-14,25H,4-10,15-23H2,1-3H3,(H6,33,34,35,36,37,38,40,41,42,43,44);;;/q;3*+1/p-3. The predicted octanol–water partition coefficient (Wildman–Crippen LogP) is -4.63. The number of carbonyl (C=O) groups excluding carboxylic acids is 6. The number of carbonyl (C=O) groups is 6. The van der Waals surface area contributed by atoms with Crippen LogP contribution in [0, 0.1) is 5.92 Å². The van der Waals surface area contributed by atoms with Crippen LogP contribution in [0.5, 0.6) is 0 Å². The fourth-order valence-electron chi connectivity index (χ4n) is 4.30. The molecule has 6 amide bonds. The Hall–Kier alpha value is 1.42. The number of nitrogens with one attached hydrogen (secondary N) is 3. The summed E-state index contributed by atoms with van der Waals surface area (Å²) in [6, 6.07) is 6.13. The number of amides is 6. The van der Waals surface area contributed by atoms with Crippen LogP contribution in [0.3, 0.4) is 0 Å². The molecule has 13 nitrogen and oxygen atoms in total. The number of nitrogens with zero attached hydrogens (tertiary/aromatic N) is 3. The van der Waals surface area contributed by atoms with Crippen molar-refractivity contribution < 1.29 is 208 Å². The van der Waals surface area contributed by atoms with E-state index in [4.69, 9.17) is 4.74 Å². The Bertz CT molecular complexity index is 1080. The van der Waals surface area contributed by atoms with Crippen LogP contribution < -0.4 is 191 Å². The molecule has 0 radical (unpaired) electrons. The van der Waals surface area contributed by atoms with Crippen LogP contribution >= 0.6 is 0 Å². The summed E-state index contributed by atoms with van der Waals surface area (Å²) in [5.41, 5.74) is 1.07. The molecule has 0 bridgehead atoms. The van der Waals surface area contributed by atoms with E-state index in [1.54, 1.807) is 24.3 Å². The van der Waals surface area contributed by atoms with E-state index in [9.17, 15) is 28.8 Å². The Morgan fingerprint density at radius 3 is 2.12 bits per heavy atom. The topological polar surface area (TPSA) is 190 Å². The van der Waals surface area contributed by atoms with E-state index in [0.29, 0.717) is 49.6 Å². The molecular weight excluding hydrogens is 837 g/mol. The summed E-state index contributed by atoms with van der Waals surface area (Å²) in [7, 11) is 1.53. The summed E-state index contributed by atoms with van der Waals surface area (Å²) < 4.78 is 5.41. The maximum absolute atomic E-state index is 12.1. The Kier molecular flexibility index (Phi) is 39.7. The summed E-state index contributed by atoms with van der Waals surface area (Å²) in [5, 5.41) is 19.5. The maximum atomic E-state index is 12.1. The van der Waals surface area contributed by atoms with Crippen LogP contribution in [0.15, 0.2) is 24.3 Å². The molecule has 0 fully saturated rings. The van der Waals surface area contributed by atoms with Gasteiger partial charge in [-0.15, -0.1) is 12.2 Å². The van der Waals surface area contributed by atoms with Crippen molar-refractivity contribution in [1.82, 2.24) is 16.0 Å². The van der Waals surface area contributed by atoms with Gasteiger partial charge >= 0.3 is 175 Å². The molecule has 1 rings (SSSR count). The fraction of sp³-hybridized carbons (Fsp3) is 0.625. The Labute approximate surface area is 432 Å². The summed E-state index contributed by atoms with van der Waals surface area (Å²) >= 11 is 0. The number of unbranched alkanes of at least 4 members (excludes halogenated alkanes) is 1. The third-order valence-corrected chi connectivity index (χ3v) is 6.73. The average Bonchev–Trinajstić information content (AvgIpc) is 3.01. The van der Waals surface area contributed by atoms with Gasteiger partial charge in [-0.3, -0.25) is 19.2 Å². The van der Waals surface area contributed by atoms with Crippen molar-refractivity contribution in [1.29, 1.82) is 0 Å². The summed E-state index contributed by atoms with van der Waals surface area (Å²) in [4.78, 5) is 71.0. The van der Waals surface area contributed by atoms with Crippen molar-refractivity contribution in [3.05, 3.63) is 45.8 Å². The van der Waals surface area contributed by atoms with Gasteiger partial charge in [-0.25, -0.2) is 0 Å². The molecule has 252 valence electrons. The van der Waals surface area contributed by atoms with Gasteiger partial charge in [0.2, 0.25) is 11.8 Å². The number of urea groups is 1. The zero-order chi connectivity index (χ0) is 33.3. The van der Waals surface area contributed by atoms with Crippen LogP contribution in [0.2, 0.25) is 0 Å². The third-order valence-electron chi connectivity index (χ3n) is 6.73. The van der Waals surface area contributed by atoms with Crippen molar-refractivity contribution >= 4 is 41.1 Å². The second-order valence-corrected chi connectivity index (χ2v) is 10.5. The van der Waals surface area contributed by atoms with Crippen LogP contribution in [0.4, 0.5) is 10.5 Å². The molecule has 0 saturated carbocycles. The fourth-order valence-corrected chi connectivity index (χ4v) is 4.30. The van der Waals surface area contributed by atoms with Gasteiger partial charge in [0, 0.05) is 52.0 Å². The SMILES string of the molecule is CCCC(CCCCNC(=O)[N-]CCCOCC[N-]C(=O)CC(=O)[N-]c1ccc(CC(=O)NCCC(=O)NC)cc1)C(=O)CC.[Rb+].[Rb+].[Rb+]. The minimum Gasteiger partial charge on any atom is -0.651 e. The first-order chi connectivity index (χ1) is 21.7. The molecule has 0 heterocycles. The van der Waals surface area contributed by atoms with Crippen molar-refractivity contribution in [2.45, 2.75) is 78.1 Å². The number of Topliss-reactive ketones (excluding diaryl/α,β-unsaturated/α-hetero) is 1. The zero-order valence-corrected chi connectivity index (χ0v) is 44.6. The number of ketones is 1. The van der Waals surface area contributed by atoms with Crippen molar-refractivity contribution in [3.8, 4) is 0 Å². The molecule has 1 unspecified atom stereocenters. The van der Waals surface area contributed by atoms with E-state index >= 15 is 0 Å². The first kappa shape index (κ1) is 53.8. The molecule has 1 aromatic rings. The van der Waals surface area contributed by atoms with Crippen molar-refractivity contribution in [3.63, 3.8) is 0 Å². The van der Waals surface area contributed by atoms with E-state index in [2.05, 4.69) is 38.8 Å². The van der Waals surface area contributed by atoms with Gasteiger partial charge in [-0.2, -0.15) is 0 Å². The van der Waals surface area contributed by atoms with E-state index in [1.807, 2.05) is 6.92 Å². The second kappa shape index (κ2) is 35.4. The van der Waals surface area contributed by atoms with Crippen molar-refractivity contribution in [2.75, 3.05) is 46.4 Å². The van der Waals surface area contributed by atoms with E-state index in [0.717, 1.165) is 32.1 Å². The van der Waals surface area contributed by atoms with Crippen LogP contribution in [-0.2, 0) is 35.1 Å². The van der Waals surface area contributed by atoms with E-state index in [-0.39, 0.29) is 231 Å². The largest absolute Gasteiger partial charge is 1.00 e. The van der Waals surface area contributed by atoms with Gasteiger partial charge in [0.05, 0.1) is 18.2 Å². The quantitative estimate of drug-likeness (QED) is 0.0688. The number of hydrogen-bond acceptors (Lipinski definition) is 7. The third kappa shape index (κ3) is 28.9. The molecule has 0 aliphatic rings. The van der Waals surface area contributed by atoms with Crippen LogP contribution in [0.25, 0.3) is 16.0 Å². The molecule has 1 atom stereocenters. The van der Waals surface area contributed by atoms with Crippen LogP contribution in [0.1, 0.15) is 77.2 Å². The summed E-state index contributed by atoms with van der Waals surface area (Å²) in [5.74, 6) is -1.16. The molecule has 1 aromatic carbocycles. The second-order valence-electron chi connectivity index (χ2n) is 10.5. The van der Waals surface area contributed by atoms with Crippen LogP contribution in [-0.4, -0.2) is 81.9 Å². The molecule has 0 aromatic heterocycles. The number of hydrogen-bond donors (Lipinski definition) is 3. The van der Waals surface area contributed by atoms with Gasteiger partial charge in [0.25, 0.3) is 0 Å². The maximum Gasteiger partial charge on any atom is 1.00 e. The Balaban J connectivity index is -0.00000675. The van der Waals surface area contributed by atoms with Gasteiger partial charge in [-0.05, 0) is 31.4 Å². The Morgan fingerprint density at radius 2 is 1.48 bits per heavy atom. The number of benzene rings is 1. The molecular formula is C32H49N6O7Rb3. The smallest absolute Gasteiger partial charge is 0.651 e. The molecule has 16 heteroatoms. The number of ether oxygens (including phenoxy) is 1. The van der Waals surface area contributed by atoms with Gasteiger partial charge in [-0.1, -0.05) is 63.9 Å². The average molecular weight is 886 g/mol. The molecule has 0 saturated heterocycles.